The van der Waals surface area contributed by atoms with Crippen molar-refractivity contribution in [1.82, 2.24) is 14.4 Å². The largest absolute Gasteiger partial charge is 0.360 e. The quantitative estimate of drug-likeness (QED) is 0.693. The van der Waals surface area contributed by atoms with Crippen LogP contribution in [0.4, 0.5) is 0 Å². The van der Waals surface area contributed by atoms with E-state index in [0.717, 1.165) is 6.42 Å². The standard InChI is InChI=1S/C17H26N4O4S/c1-5-14-11-21(26(23,24)17-12(2)19-25-13(17)3)8-6-15(14)10-16(22)20(4)9-7-18/h14-15H,5-6,8-11H2,1-4H3/t14-,15-/m0/s1. The van der Waals surface area contributed by atoms with E-state index in [0.29, 0.717) is 37.4 Å². The lowest BCUT2D eigenvalue weighted by atomic mass is 9.82. The molecule has 26 heavy (non-hydrogen) atoms. The molecule has 0 radical (unpaired) electrons. The first kappa shape index (κ1) is 20.4. The van der Waals surface area contributed by atoms with Crippen molar-refractivity contribution in [3.63, 3.8) is 0 Å². The van der Waals surface area contributed by atoms with Crippen LogP contribution < -0.4 is 0 Å². The van der Waals surface area contributed by atoms with Gasteiger partial charge in [0, 0.05) is 26.6 Å². The van der Waals surface area contributed by atoms with Crippen LogP contribution in [-0.2, 0) is 14.8 Å². The summed E-state index contributed by atoms with van der Waals surface area (Å²) in [4.78, 5) is 13.8. The summed E-state index contributed by atoms with van der Waals surface area (Å²) >= 11 is 0. The zero-order valence-electron chi connectivity index (χ0n) is 15.7. The number of aryl methyl sites for hydroxylation is 2. The lowest BCUT2D eigenvalue weighted by Gasteiger charge is -2.37. The maximum Gasteiger partial charge on any atom is 0.248 e. The number of hydrogen-bond donors (Lipinski definition) is 0. The Balaban J connectivity index is 2.12. The Kier molecular flexibility index (Phi) is 6.42. The van der Waals surface area contributed by atoms with Crippen molar-refractivity contribution in [1.29, 1.82) is 5.26 Å². The van der Waals surface area contributed by atoms with E-state index in [4.69, 9.17) is 9.78 Å². The Morgan fingerprint density at radius 1 is 1.42 bits per heavy atom. The molecule has 0 unspecified atom stereocenters. The van der Waals surface area contributed by atoms with E-state index in [1.54, 1.807) is 20.9 Å². The van der Waals surface area contributed by atoms with Gasteiger partial charge in [0.2, 0.25) is 15.9 Å². The highest BCUT2D eigenvalue weighted by molar-refractivity contribution is 7.89. The van der Waals surface area contributed by atoms with E-state index in [1.165, 1.54) is 9.21 Å². The highest BCUT2D eigenvalue weighted by Crippen LogP contribution is 2.33. The molecule has 1 aromatic heterocycles. The summed E-state index contributed by atoms with van der Waals surface area (Å²) in [6, 6.07) is 1.97. The van der Waals surface area contributed by atoms with Crippen LogP contribution in [0.2, 0.25) is 0 Å². The normalized spacial score (nSPS) is 21.3. The maximum atomic E-state index is 13.0. The van der Waals surface area contributed by atoms with Gasteiger partial charge in [-0.3, -0.25) is 4.79 Å². The molecular weight excluding hydrogens is 356 g/mol. The van der Waals surface area contributed by atoms with Crippen molar-refractivity contribution in [2.75, 3.05) is 26.7 Å². The Hall–Kier alpha value is -1.92. The number of nitriles is 1. The monoisotopic (exact) mass is 382 g/mol. The smallest absolute Gasteiger partial charge is 0.248 e. The van der Waals surface area contributed by atoms with Crippen LogP contribution in [0.1, 0.15) is 37.6 Å². The molecule has 1 aliphatic rings. The minimum Gasteiger partial charge on any atom is -0.360 e. The number of carbonyl (C=O) groups excluding carboxylic acids is 1. The third-order valence-corrected chi connectivity index (χ3v) is 7.22. The first-order valence-electron chi connectivity index (χ1n) is 8.76. The van der Waals surface area contributed by atoms with Crippen LogP contribution >= 0.6 is 0 Å². The second-order valence-corrected chi connectivity index (χ2v) is 8.72. The number of amides is 1. The summed E-state index contributed by atoms with van der Waals surface area (Å²) in [5.74, 6) is 0.436. The molecule has 0 saturated carbocycles. The fourth-order valence-corrected chi connectivity index (χ4v) is 5.35. The van der Waals surface area contributed by atoms with E-state index >= 15 is 0 Å². The van der Waals surface area contributed by atoms with Crippen molar-refractivity contribution >= 4 is 15.9 Å². The van der Waals surface area contributed by atoms with Crippen LogP contribution in [0, 0.1) is 37.0 Å². The van der Waals surface area contributed by atoms with E-state index in [2.05, 4.69) is 5.16 Å². The summed E-state index contributed by atoms with van der Waals surface area (Å²) in [5.41, 5.74) is 0.367. The molecule has 2 rings (SSSR count). The number of hydrogen-bond acceptors (Lipinski definition) is 6. The Morgan fingerprint density at radius 3 is 2.65 bits per heavy atom. The third kappa shape index (κ3) is 4.07. The van der Waals surface area contributed by atoms with Gasteiger partial charge in [0.25, 0.3) is 0 Å². The van der Waals surface area contributed by atoms with Gasteiger partial charge in [-0.2, -0.15) is 9.57 Å². The zero-order chi connectivity index (χ0) is 19.5. The molecule has 8 nitrogen and oxygen atoms in total. The van der Waals surface area contributed by atoms with Crippen LogP contribution in [0.5, 0.6) is 0 Å². The van der Waals surface area contributed by atoms with E-state index in [1.807, 2.05) is 13.0 Å². The molecule has 144 valence electrons. The van der Waals surface area contributed by atoms with Gasteiger partial charge in [-0.25, -0.2) is 8.42 Å². The van der Waals surface area contributed by atoms with E-state index < -0.39 is 10.0 Å². The van der Waals surface area contributed by atoms with E-state index in [9.17, 15) is 13.2 Å². The second kappa shape index (κ2) is 8.18. The highest BCUT2D eigenvalue weighted by atomic mass is 32.2. The van der Waals surface area contributed by atoms with Crippen molar-refractivity contribution in [2.45, 2.75) is 44.9 Å². The lowest BCUT2D eigenvalue weighted by molar-refractivity contribution is -0.131. The van der Waals surface area contributed by atoms with Crippen molar-refractivity contribution in [3.05, 3.63) is 11.5 Å². The first-order valence-corrected chi connectivity index (χ1v) is 10.2. The SMILES string of the molecule is CC[C@H]1CN(S(=O)(=O)c2c(C)noc2C)CC[C@H]1CC(=O)N(C)CC#N. The minimum absolute atomic E-state index is 0.0644. The first-order chi connectivity index (χ1) is 12.2. The number of aromatic nitrogens is 1. The number of piperidine rings is 1. The van der Waals surface area contributed by atoms with Gasteiger partial charge in [0.1, 0.15) is 17.1 Å². The molecule has 0 aliphatic carbocycles. The van der Waals surface area contributed by atoms with Gasteiger partial charge in [0.15, 0.2) is 5.76 Å². The van der Waals surface area contributed by atoms with Crippen LogP contribution in [0.25, 0.3) is 0 Å². The Labute approximate surface area is 154 Å². The topological polar surface area (TPSA) is 108 Å². The molecule has 9 heteroatoms. The molecule has 0 N–H and O–H groups in total. The van der Waals surface area contributed by atoms with Gasteiger partial charge in [-0.1, -0.05) is 18.5 Å². The van der Waals surface area contributed by atoms with E-state index in [-0.39, 0.29) is 29.2 Å². The fourth-order valence-electron chi connectivity index (χ4n) is 3.54. The molecular formula is C17H26N4O4S. The Morgan fingerprint density at radius 2 is 2.12 bits per heavy atom. The lowest BCUT2D eigenvalue weighted by Crippen LogP contribution is -2.45. The maximum absolute atomic E-state index is 13.0. The molecule has 1 amide bonds. The summed E-state index contributed by atoms with van der Waals surface area (Å²) in [6.45, 7) is 6.03. The number of carbonyl (C=O) groups is 1. The predicted molar refractivity (Wildman–Crippen MR) is 94.5 cm³/mol. The summed E-state index contributed by atoms with van der Waals surface area (Å²) < 4.78 is 32.5. The van der Waals surface area contributed by atoms with Gasteiger partial charge in [-0.15, -0.1) is 0 Å². The molecule has 1 fully saturated rings. The summed E-state index contributed by atoms with van der Waals surface area (Å²) in [7, 11) is -2.05. The molecule has 0 bridgehead atoms. The van der Waals surface area contributed by atoms with Crippen LogP contribution in [-0.4, -0.2) is 55.4 Å². The molecule has 1 aliphatic heterocycles. The molecule has 1 aromatic rings. The average molecular weight is 382 g/mol. The minimum atomic E-state index is -3.66. The summed E-state index contributed by atoms with van der Waals surface area (Å²) in [5, 5.41) is 12.5. The number of sulfonamides is 1. The zero-order valence-corrected chi connectivity index (χ0v) is 16.5. The second-order valence-electron chi connectivity index (χ2n) is 6.85. The average Bonchev–Trinajstić information content (AvgIpc) is 2.94. The third-order valence-electron chi connectivity index (χ3n) is 5.11. The van der Waals surface area contributed by atoms with Crippen molar-refractivity contribution in [2.24, 2.45) is 11.8 Å². The van der Waals surface area contributed by atoms with Gasteiger partial charge < -0.3 is 9.42 Å². The highest BCUT2D eigenvalue weighted by Gasteiger charge is 2.38. The number of nitrogens with zero attached hydrogens (tertiary/aromatic N) is 4. The van der Waals surface area contributed by atoms with Gasteiger partial charge in [0.05, 0.1) is 6.07 Å². The fraction of sp³-hybridized carbons (Fsp3) is 0.706. The van der Waals surface area contributed by atoms with Crippen molar-refractivity contribution < 1.29 is 17.7 Å². The molecule has 2 heterocycles. The van der Waals surface area contributed by atoms with Crippen LogP contribution in [0.3, 0.4) is 0 Å². The predicted octanol–water partition coefficient (Wildman–Crippen LogP) is 1.70. The molecule has 0 aromatic carbocycles. The molecule has 0 spiro atoms. The van der Waals surface area contributed by atoms with Crippen molar-refractivity contribution in [3.8, 4) is 6.07 Å². The van der Waals surface area contributed by atoms with Crippen LogP contribution in [0.15, 0.2) is 9.42 Å². The molecule has 1 saturated heterocycles. The number of rotatable bonds is 6. The Bertz CT molecular complexity index is 777. The summed E-state index contributed by atoms with van der Waals surface area (Å²) in [6.07, 6.45) is 1.75. The van der Waals surface area contributed by atoms with Gasteiger partial charge in [-0.05, 0) is 32.1 Å². The van der Waals surface area contributed by atoms with Gasteiger partial charge >= 0.3 is 0 Å². The molecule has 2 atom stereocenters.